The first-order valence-electron chi connectivity index (χ1n) is 7.35. The fourth-order valence-corrected chi connectivity index (χ4v) is 2.77. The highest BCUT2D eigenvalue weighted by molar-refractivity contribution is 5.38. The monoisotopic (exact) mass is 301 g/mol. The van der Waals surface area contributed by atoms with E-state index >= 15 is 0 Å². The second-order valence-corrected chi connectivity index (χ2v) is 6.29. The lowest BCUT2D eigenvalue weighted by molar-refractivity contribution is -0.138. The molecule has 0 saturated carbocycles. The van der Waals surface area contributed by atoms with Crippen molar-refractivity contribution in [2.45, 2.75) is 45.8 Å². The molecule has 2 rings (SSSR count). The molecule has 0 bridgehead atoms. The van der Waals surface area contributed by atoms with Gasteiger partial charge in [0.15, 0.2) is 0 Å². The molecule has 0 aliphatic carbocycles. The van der Waals surface area contributed by atoms with Crippen LogP contribution in [0.5, 0.6) is 5.75 Å². The van der Waals surface area contributed by atoms with Crippen molar-refractivity contribution in [3.63, 3.8) is 0 Å². The van der Waals surface area contributed by atoms with Gasteiger partial charge in [0.1, 0.15) is 5.75 Å². The standard InChI is InChI=1S/C16H22F3NO/c1-3-15(2)6-8-20(9-7-15)11-12-4-5-14(21)13(10-12)16(17,18)19/h4-5,10,21H,3,6-9,11H2,1-2H3. The van der Waals surface area contributed by atoms with Crippen molar-refractivity contribution in [1.29, 1.82) is 0 Å². The SMILES string of the molecule is CCC1(C)CCN(Cc2ccc(O)c(C(F)(F)F)c2)CC1. The van der Waals surface area contributed by atoms with Gasteiger partial charge in [-0.25, -0.2) is 0 Å². The maximum atomic E-state index is 12.8. The van der Waals surface area contributed by atoms with Crippen LogP contribution in [0.25, 0.3) is 0 Å². The number of phenolic OH excluding ortho intramolecular Hbond substituents is 1. The second kappa shape index (κ2) is 5.87. The summed E-state index contributed by atoms with van der Waals surface area (Å²) >= 11 is 0. The summed E-state index contributed by atoms with van der Waals surface area (Å²) in [6.45, 7) is 6.78. The zero-order valence-electron chi connectivity index (χ0n) is 12.5. The molecule has 5 heteroatoms. The minimum Gasteiger partial charge on any atom is -0.507 e. The van der Waals surface area contributed by atoms with Crippen LogP contribution in [0.4, 0.5) is 13.2 Å². The summed E-state index contributed by atoms with van der Waals surface area (Å²) in [4.78, 5) is 2.18. The van der Waals surface area contributed by atoms with E-state index in [0.29, 0.717) is 17.5 Å². The van der Waals surface area contributed by atoms with E-state index in [1.54, 1.807) is 6.07 Å². The Labute approximate surface area is 123 Å². The summed E-state index contributed by atoms with van der Waals surface area (Å²) in [6, 6.07) is 3.76. The average molecular weight is 301 g/mol. The molecular formula is C16H22F3NO. The molecule has 21 heavy (non-hydrogen) atoms. The van der Waals surface area contributed by atoms with Gasteiger partial charge in [0.25, 0.3) is 0 Å². The summed E-state index contributed by atoms with van der Waals surface area (Å²) in [5, 5.41) is 9.34. The fourth-order valence-electron chi connectivity index (χ4n) is 2.77. The van der Waals surface area contributed by atoms with Crippen LogP contribution in [0.15, 0.2) is 18.2 Å². The number of benzene rings is 1. The van der Waals surface area contributed by atoms with Crippen LogP contribution in [0.2, 0.25) is 0 Å². The summed E-state index contributed by atoms with van der Waals surface area (Å²) in [5.74, 6) is -0.705. The second-order valence-electron chi connectivity index (χ2n) is 6.29. The molecule has 0 atom stereocenters. The van der Waals surface area contributed by atoms with Gasteiger partial charge in [-0.15, -0.1) is 0 Å². The smallest absolute Gasteiger partial charge is 0.419 e. The molecule has 118 valence electrons. The molecule has 0 unspecified atom stereocenters. The highest BCUT2D eigenvalue weighted by atomic mass is 19.4. The number of piperidine rings is 1. The molecule has 2 nitrogen and oxygen atoms in total. The molecule has 1 saturated heterocycles. The van der Waals surface area contributed by atoms with Gasteiger partial charge in [-0.05, 0) is 49.0 Å². The number of halogens is 3. The Morgan fingerprint density at radius 3 is 2.38 bits per heavy atom. The van der Waals surface area contributed by atoms with E-state index in [1.165, 1.54) is 0 Å². The molecule has 1 aliphatic heterocycles. The number of phenols is 1. The van der Waals surface area contributed by atoms with Gasteiger partial charge < -0.3 is 5.11 Å². The van der Waals surface area contributed by atoms with Crippen molar-refractivity contribution in [3.05, 3.63) is 29.3 Å². The van der Waals surface area contributed by atoms with Crippen LogP contribution < -0.4 is 0 Å². The quantitative estimate of drug-likeness (QED) is 0.893. The molecule has 1 aromatic carbocycles. The Hall–Kier alpha value is -1.23. The zero-order valence-corrected chi connectivity index (χ0v) is 12.5. The highest BCUT2D eigenvalue weighted by Gasteiger charge is 2.34. The lowest BCUT2D eigenvalue weighted by atomic mass is 9.78. The molecule has 0 radical (unpaired) electrons. The van der Waals surface area contributed by atoms with Crippen LogP contribution in [0.3, 0.4) is 0 Å². The van der Waals surface area contributed by atoms with E-state index in [4.69, 9.17) is 0 Å². The number of hydrogen-bond acceptors (Lipinski definition) is 2. The first-order chi connectivity index (χ1) is 9.73. The van der Waals surface area contributed by atoms with Gasteiger partial charge in [-0.2, -0.15) is 13.2 Å². The molecule has 1 N–H and O–H groups in total. The fraction of sp³-hybridized carbons (Fsp3) is 0.625. The van der Waals surface area contributed by atoms with Gasteiger partial charge in [0.05, 0.1) is 5.56 Å². The number of hydrogen-bond donors (Lipinski definition) is 1. The average Bonchev–Trinajstić information content (AvgIpc) is 2.42. The number of aromatic hydroxyl groups is 1. The minimum atomic E-state index is -4.51. The first-order valence-corrected chi connectivity index (χ1v) is 7.35. The van der Waals surface area contributed by atoms with Crippen molar-refractivity contribution < 1.29 is 18.3 Å². The van der Waals surface area contributed by atoms with Gasteiger partial charge in [-0.3, -0.25) is 4.90 Å². The van der Waals surface area contributed by atoms with Crippen LogP contribution >= 0.6 is 0 Å². The van der Waals surface area contributed by atoms with Crippen LogP contribution in [0.1, 0.15) is 44.2 Å². The minimum absolute atomic E-state index is 0.364. The van der Waals surface area contributed by atoms with E-state index in [1.807, 2.05) is 0 Å². The van der Waals surface area contributed by atoms with Crippen LogP contribution in [0, 0.1) is 5.41 Å². The molecule has 0 amide bonds. The molecule has 0 spiro atoms. The maximum Gasteiger partial charge on any atom is 0.419 e. The largest absolute Gasteiger partial charge is 0.507 e. The van der Waals surface area contributed by atoms with Gasteiger partial charge in [0.2, 0.25) is 0 Å². The van der Waals surface area contributed by atoms with E-state index < -0.39 is 17.5 Å². The zero-order chi connectivity index (χ0) is 15.7. The third kappa shape index (κ3) is 3.90. The Kier molecular flexibility index (Phi) is 4.51. The molecule has 1 fully saturated rings. The first kappa shape index (κ1) is 16.1. The maximum absolute atomic E-state index is 12.8. The topological polar surface area (TPSA) is 23.5 Å². The number of nitrogens with zero attached hydrogens (tertiary/aromatic N) is 1. The third-order valence-electron chi connectivity index (χ3n) is 4.69. The molecular weight excluding hydrogens is 279 g/mol. The number of alkyl halides is 3. The van der Waals surface area contributed by atoms with E-state index in [-0.39, 0.29) is 0 Å². The Balaban J connectivity index is 2.05. The number of likely N-dealkylation sites (tertiary alicyclic amines) is 1. The Bertz CT molecular complexity index is 491. The van der Waals surface area contributed by atoms with Crippen molar-refractivity contribution in [2.75, 3.05) is 13.1 Å². The normalized spacial score (nSPS) is 19.7. The van der Waals surface area contributed by atoms with E-state index in [2.05, 4.69) is 18.7 Å². The summed E-state index contributed by atoms with van der Waals surface area (Å²) in [7, 11) is 0. The van der Waals surface area contributed by atoms with E-state index in [0.717, 1.165) is 44.5 Å². The van der Waals surface area contributed by atoms with Crippen molar-refractivity contribution >= 4 is 0 Å². The highest BCUT2D eigenvalue weighted by Crippen LogP contribution is 2.37. The van der Waals surface area contributed by atoms with Crippen LogP contribution in [-0.2, 0) is 12.7 Å². The molecule has 1 aromatic rings. The van der Waals surface area contributed by atoms with Crippen molar-refractivity contribution in [2.24, 2.45) is 5.41 Å². The molecule has 1 heterocycles. The van der Waals surface area contributed by atoms with Gasteiger partial charge >= 0.3 is 6.18 Å². The lowest BCUT2D eigenvalue weighted by Crippen LogP contribution is -2.37. The summed E-state index contributed by atoms with van der Waals surface area (Å²) in [5.41, 5.74) is 0.0124. The predicted octanol–water partition coefficient (Wildman–Crippen LogP) is 4.42. The van der Waals surface area contributed by atoms with Crippen molar-refractivity contribution in [1.82, 2.24) is 4.90 Å². The van der Waals surface area contributed by atoms with Crippen molar-refractivity contribution in [3.8, 4) is 5.75 Å². The Morgan fingerprint density at radius 1 is 1.24 bits per heavy atom. The van der Waals surface area contributed by atoms with Gasteiger partial charge in [0, 0.05) is 6.54 Å². The summed E-state index contributed by atoms with van der Waals surface area (Å²) in [6.07, 6.45) is -1.22. The van der Waals surface area contributed by atoms with E-state index in [9.17, 15) is 18.3 Å². The molecule has 0 aromatic heterocycles. The molecule has 1 aliphatic rings. The number of rotatable bonds is 3. The van der Waals surface area contributed by atoms with Crippen LogP contribution in [-0.4, -0.2) is 23.1 Å². The Morgan fingerprint density at radius 2 is 1.86 bits per heavy atom. The lowest BCUT2D eigenvalue weighted by Gasteiger charge is -2.39. The third-order valence-corrected chi connectivity index (χ3v) is 4.69. The predicted molar refractivity (Wildman–Crippen MR) is 76.0 cm³/mol. The van der Waals surface area contributed by atoms with Gasteiger partial charge in [-0.1, -0.05) is 26.3 Å². The summed E-state index contributed by atoms with van der Waals surface area (Å²) < 4.78 is 38.3.